The molecule has 5 heteroatoms. The highest BCUT2D eigenvalue weighted by molar-refractivity contribution is 5.67. The lowest BCUT2D eigenvalue weighted by atomic mass is 9.89. The van der Waals surface area contributed by atoms with Crippen LogP contribution in [-0.4, -0.2) is 9.78 Å². The Kier molecular flexibility index (Phi) is 3.17. The first-order chi connectivity index (χ1) is 9.70. The summed E-state index contributed by atoms with van der Waals surface area (Å²) in [5, 5.41) is 13.6. The Labute approximate surface area is 117 Å². The summed E-state index contributed by atoms with van der Waals surface area (Å²) in [6, 6.07) is 9.79. The van der Waals surface area contributed by atoms with E-state index in [2.05, 4.69) is 11.2 Å². The molecule has 4 N–H and O–H groups in total. The molecule has 0 spiro atoms. The van der Waals surface area contributed by atoms with Gasteiger partial charge in [-0.25, -0.2) is 0 Å². The number of anilines is 1. The van der Waals surface area contributed by atoms with E-state index in [-0.39, 0.29) is 12.6 Å². The maximum Gasteiger partial charge on any atom is 0.128 e. The van der Waals surface area contributed by atoms with Gasteiger partial charge in [-0.2, -0.15) is 10.4 Å². The molecule has 5 nitrogen and oxygen atoms in total. The molecule has 2 aromatic rings. The van der Waals surface area contributed by atoms with Gasteiger partial charge in [-0.15, -0.1) is 0 Å². The standard InChI is InChI=1S/C15H17N5/c16-8-9-20-13-3-1-2-12(18)14(13)15(19-20)10-4-6-11(17)7-5-10/h4-7,12H,1-3,9,17-18H2. The van der Waals surface area contributed by atoms with Gasteiger partial charge in [-0.05, 0) is 31.4 Å². The predicted octanol–water partition coefficient (Wildman–Crippen LogP) is 1.99. The highest BCUT2D eigenvalue weighted by Gasteiger charge is 2.26. The van der Waals surface area contributed by atoms with E-state index in [4.69, 9.17) is 16.7 Å². The van der Waals surface area contributed by atoms with Crippen molar-refractivity contribution in [2.24, 2.45) is 5.73 Å². The SMILES string of the molecule is N#CCn1nc(-c2ccc(N)cc2)c2c1CCCC2N. The van der Waals surface area contributed by atoms with E-state index in [1.165, 1.54) is 0 Å². The molecular weight excluding hydrogens is 250 g/mol. The number of nitrogen functional groups attached to an aromatic ring is 1. The van der Waals surface area contributed by atoms with E-state index < -0.39 is 0 Å². The molecule has 0 saturated heterocycles. The third-order valence-electron chi connectivity index (χ3n) is 3.80. The lowest BCUT2D eigenvalue weighted by Crippen LogP contribution is -2.18. The second kappa shape index (κ2) is 4.99. The van der Waals surface area contributed by atoms with Crippen LogP contribution in [0.25, 0.3) is 11.3 Å². The molecule has 20 heavy (non-hydrogen) atoms. The van der Waals surface area contributed by atoms with E-state index in [1.54, 1.807) is 4.68 Å². The number of benzene rings is 1. The first-order valence-electron chi connectivity index (χ1n) is 6.78. The van der Waals surface area contributed by atoms with Crippen LogP contribution in [-0.2, 0) is 13.0 Å². The zero-order chi connectivity index (χ0) is 14.1. The van der Waals surface area contributed by atoms with Crippen LogP contribution in [0.2, 0.25) is 0 Å². The van der Waals surface area contributed by atoms with Crippen molar-refractivity contribution in [3.63, 3.8) is 0 Å². The topological polar surface area (TPSA) is 93.6 Å². The normalized spacial score (nSPS) is 17.5. The lowest BCUT2D eigenvalue weighted by Gasteiger charge is -2.20. The Morgan fingerprint density at radius 1 is 1.35 bits per heavy atom. The van der Waals surface area contributed by atoms with Gasteiger partial charge in [0, 0.05) is 28.6 Å². The van der Waals surface area contributed by atoms with E-state index in [1.807, 2.05) is 24.3 Å². The number of nitrogens with two attached hydrogens (primary N) is 2. The largest absolute Gasteiger partial charge is 0.399 e. The maximum absolute atomic E-state index is 8.94. The summed E-state index contributed by atoms with van der Waals surface area (Å²) in [6.07, 6.45) is 2.95. The van der Waals surface area contributed by atoms with E-state index in [0.717, 1.165) is 47.5 Å². The molecule has 1 aliphatic carbocycles. The van der Waals surface area contributed by atoms with Gasteiger partial charge in [0.1, 0.15) is 6.54 Å². The van der Waals surface area contributed by atoms with Gasteiger partial charge in [0.05, 0.1) is 11.8 Å². The molecule has 1 aromatic carbocycles. The Balaban J connectivity index is 2.15. The van der Waals surface area contributed by atoms with Gasteiger partial charge >= 0.3 is 0 Å². The summed E-state index contributed by atoms with van der Waals surface area (Å²) in [5.74, 6) is 0. The van der Waals surface area contributed by atoms with Gasteiger partial charge in [0.15, 0.2) is 0 Å². The Bertz CT molecular complexity index is 663. The van der Waals surface area contributed by atoms with Gasteiger partial charge in [0.2, 0.25) is 0 Å². The monoisotopic (exact) mass is 267 g/mol. The van der Waals surface area contributed by atoms with E-state index >= 15 is 0 Å². The Morgan fingerprint density at radius 2 is 2.10 bits per heavy atom. The first kappa shape index (κ1) is 12.7. The third kappa shape index (κ3) is 2.04. The molecule has 1 atom stereocenters. The Hall–Kier alpha value is -2.32. The molecule has 102 valence electrons. The highest BCUT2D eigenvalue weighted by atomic mass is 15.3. The van der Waals surface area contributed by atoms with Crippen LogP contribution < -0.4 is 11.5 Å². The van der Waals surface area contributed by atoms with Gasteiger partial charge in [-0.1, -0.05) is 12.1 Å². The van der Waals surface area contributed by atoms with Crippen molar-refractivity contribution >= 4 is 5.69 Å². The Morgan fingerprint density at radius 3 is 2.80 bits per heavy atom. The zero-order valence-electron chi connectivity index (χ0n) is 11.2. The summed E-state index contributed by atoms with van der Waals surface area (Å²) < 4.78 is 1.79. The summed E-state index contributed by atoms with van der Waals surface area (Å²) in [4.78, 5) is 0. The average molecular weight is 267 g/mol. The smallest absolute Gasteiger partial charge is 0.128 e. The predicted molar refractivity (Wildman–Crippen MR) is 77.6 cm³/mol. The molecule has 1 aromatic heterocycles. The number of fused-ring (bicyclic) bond motifs is 1. The number of nitrogens with zero attached hydrogens (tertiary/aromatic N) is 3. The molecule has 1 heterocycles. The van der Waals surface area contributed by atoms with Crippen molar-refractivity contribution in [1.29, 1.82) is 5.26 Å². The molecule has 0 bridgehead atoms. The average Bonchev–Trinajstić information content (AvgIpc) is 2.81. The summed E-state index contributed by atoms with van der Waals surface area (Å²) in [6.45, 7) is 0.268. The molecule has 0 fully saturated rings. The van der Waals surface area contributed by atoms with Crippen LogP contribution in [0.5, 0.6) is 0 Å². The molecule has 0 saturated carbocycles. The fourth-order valence-electron chi connectivity index (χ4n) is 2.85. The number of hydrogen-bond donors (Lipinski definition) is 2. The van der Waals surface area contributed by atoms with Crippen LogP contribution in [0.4, 0.5) is 5.69 Å². The number of hydrogen-bond acceptors (Lipinski definition) is 4. The van der Waals surface area contributed by atoms with Crippen molar-refractivity contribution in [3.8, 4) is 17.3 Å². The van der Waals surface area contributed by atoms with Crippen molar-refractivity contribution in [2.45, 2.75) is 31.8 Å². The maximum atomic E-state index is 8.94. The van der Waals surface area contributed by atoms with Crippen molar-refractivity contribution in [1.82, 2.24) is 9.78 Å². The molecule has 0 amide bonds. The van der Waals surface area contributed by atoms with Crippen LogP contribution in [0.3, 0.4) is 0 Å². The van der Waals surface area contributed by atoms with Crippen molar-refractivity contribution in [3.05, 3.63) is 35.5 Å². The molecule has 0 aliphatic heterocycles. The minimum atomic E-state index is -0.00116. The van der Waals surface area contributed by atoms with Crippen LogP contribution >= 0.6 is 0 Å². The summed E-state index contributed by atoms with van der Waals surface area (Å²) >= 11 is 0. The highest BCUT2D eigenvalue weighted by Crippen LogP contribution is 2.36. The fourth-order valence-corrected chi connectivity index (χ4v) is 2.85. The van der Waals surface area contributed by atoms with Crippen molar-refractivity contribution in [2.75, 3.05) is 5.73 Å². The summed E-state index contributed by atoms with van der Waals surface area (Å²) in [7, 11) is 0. The molecule has 1 unspecified atom stereocenters. The van der Waals surface area contributed by atoms with Crippen LogP contribution in [0, 0.1) is 11.3 Å². The quantitative estimate of drug-likeness (QED) is 0.814. The molecular formula is C15H17N5. The second-order valence-electron chi connectivity index (χ2n) is 5.15. The molecule has 1 aliphatic rings. The van der Waals surface area contributed by atoms with Gasteiger partial charge in [-0.3, -0.25) is 4.68 Å². The fraction of sp³-hybridized carbons (Fsp3) is 0.333. The second-order valence-corrected chi connectivity index (χ2v) is 5.15. The van der Waals surface area contributed by atoms with Crippen LogP contribution in [0.15, 0.2) is 24.3 Å². The van der Waals surface area contributed by atoms with Gasteiger partial charge < -0.3 is 11.5 Å². The zero-order valence-corrected chi connectivity index (χ0v) is 11.2. The van der Waals surface area contributed by atoms with Crippen LogP contribution in [0.1, 0.15) is 30.1 Å². The van der Waals surface area contributed by atoms with E-state index in [9.17, 15) is 0 Å². The summed E-state index contributed by atoms with van der Waals surface area (Å²) in [5.41, 5.74) is 16.8. The molecule has 3 rings (SSSR count). The number of nitriles is 1. The van der Waals surface area contributed by atoms with E-state index in [0.29, 0.717) is 0 Å². The number of rotatable bonds is 2. The third-order valence-corrected chi connectivity index (χ3v) is 3.80. The first-order valence-corrected chi connectivity index (χ1v) is 6.78. The molecule has 0 radical (unpaired) electrons. The minimum absolute atomic E-state index is 0.00116. The van der Waals surface area contributed by atoms with Gasteiger partial charge in [0.25, 0.3) is 0 Å². The minimum Gasteiger partial charge on any atom is -0.399 e. The van der Waals surface area contributed by atoms with Crippen molar-refractivity contribution < 1.29 is 0 Å². The lowest BCUT2D eigenvalue weighted by molar-refractivity contribution is 0.541. The number of aromatic nitrogens is 2.